The minimum absolute atomic E-state index is 0.432. The maximum Gasteiger partial charge on any atom is 0.0785 e. The Hall–Kier alpha value is -1.35. The Labute approximate surface area is 114 Å². The summed E-state index contributed by atoms with van der Waals surface area (Å²) in [5.41, 5.74) is 3.87. The Balaban J connectivity index is 2.25. The molecule has 1 atom stereocenters. The largest absolute Gasteiger partial charge is 0.382 e. The van der Waals surface area contributed by atoms with Crippen LogP contribution in [-0.4, -0.2) is 17.0 Å². The third-order valence-corrected chi connectivity index (χ3v) is 4.08. The Kier molecular flexibility index (Phi) is 4.02. The summed E-state index contributed by atoms with van der Waals surface area (Å²) in [6, 6.07) is 6.63. The number of hydrogen-bond donors (Lipinski definition) is 2. The molecule has 2 aromatic rings. The van der Waals surface area contributed by atoms with Crippen LogP contribution in [0.4, 0.5) is 0 Å². The van der Waals surface area contributed by atoms with E-state index in [4.69, 9.17) is 12.2 Å². The fourth-order valence-corrected chi connectivity index (χ4v) is 2.60. The zero-order valence-corrected chi connectivity index (χ0v) is 12.0. The summed E-state index contributed by atoms with van der Waals surface area (Å²) in [5.74, 6) is 0.432. The van der Waals surface area contributed by atoms with Gasteiger partial charge in [0.15, 0.2) is 0 Å². The molecule has 0 aliphatic rings. The molecule has 18 heavy (non-hydrogen) atoms. The zero-order chi connectivity index (χ0) is 13.1. The quantitative estimate of drug-likeness (QED) is 0.822. The summed E-state index contributed by atoms with van der Waals surface area (Å²) >= 11 is 5.36. The van der Waals surface area contributed by atoms with E-state index < -0.39 is 0 Å². The lowest BCUT2D eigenvalue weighted by Crippen LogP contribution is -2.26. The third-order valence-electron chi connectivity index (χ3n) is 3.55. The van der Waals surface area contributed by atoms with Gasteiger partial charge in [-0.1, -0.05) is 25.2 Å². The highest BCUT2D eigenvalue weighted by molar-refractivity contribution is 7.80. The number of aromatic nitrogens is 1. The number of thiocarbonyl (C=S) groups is 1. The lowest BCUT2D eigenvalue weighted by Gasteiger charge is -2.16. The highest BCUT2D eigenvalue weighted by atomic mass is 32.1. The van der Waals surface area contributed by atoms with Crippen molar-refractivity contribution in [3.63, 3.8) is 0 Å². The summed E-state index contributed by atoms with van der Waals surface area (Å²) in [4.78, 5) is 4.24. The molecule has 1 aromatic heterocycles. The van der Waals surface area contributed by atoms with Gasteiger partial charge in [0.05, 0.1) is 4.99 Å². The van der Waals surface area contributed by atoms with Gasteiger partial charge in [0.25, 0.3) is 0 Å². The van der Waals surface area contributed by atoms with Gasteiger partial charge in [0, 0.05) is 30.1 Å². The van der Waals surface area contributed by atoms with Crippen LogP contribution in [0.1, 0.15) is 24.5 Å². The number of nitrogens with one attached hydrogen (secondary N) is 2. The Morgan fingerprint density at radius 1 is 1.44 bits per heavy atom. The minimum atomic E-state index is 0.432. The average molecular weight is 260 g/mol. The van der Waals surface area contributed by atoms with E-state index in [-0.39, 0.29) is 0 Å². The average Bonchev–Trinajstić information content (AvgIpc) is 2.76. The van der Waals surface area contributed by atoms with Crippen molar-refractivity contribution in [3.8, 4) is 0 Å². The predicted octanol–water partition coefficient (Wildman–Crippen LogP) is 3.59. The van der Waals surface area contributed by atoms with Crippen molar-refractivity contribution in [3.05, 3.63) is 35.5 Å². The van der Waals surface area contributed by atoms with Crippen molar-refractivity contribution in [2.24, 2.45) is 5.92 Å². The topological polar surface area (TPSA) is 27.8 Å². The molecule has 0 saturated heterocycles. The number of aromatic amines is 1. The first kappa shape index (κ1) is 13.1. The molecule has 2 N–H and O–H groups in total. The molecule has 0 spiro atoms. The zero-order valence-electron chi connectivity index (χ0n) is 11.2. The minimum Gasteiger partial charge on any atom is -0.382 e. The molecule has 96 valence electrons. The molecular weight excluding hydrogens is 240 g/mol. The molecule has 0 bridgehead atoms. The van der Waals surface area contributed by atoms with Gasteiger partial charge in [-0.2, -0.15) is 0 Å². The van der Waals surface area contributed by atoms with Gasteiger partial charge in [0.1, 0.15) is 0 Å². The highest BCUT2D eigenvalue weighted by Crippen LogP contribution is 2.21. The van der Waals surface area contributed by atoms with Gasteiger partial charge >= 0.3 is 0 Å². The van der Waals surface area contributed by atoms with Gasteiger partial charge in [-0.05, 0) is 43.0 Å². The van der Waals surface area contributed by atoms with E-state index in [2.05, 4.69) is 48.5 Å². The molecule has 3 heteroatoms. The monoisotopic (exact) mass is 260 g/mol. The Morgan fingerprint density at radius 2 is 2.22 bits per heavy atom. The van der Waals surface area contributed by atoms with E-state index >= 15 is 0 Å². The number of hydrogen-bond acceptors (Lipinski definition) is 1. The van der Waals surface area contributed by atoms with Crippen molar-refractivity contribution in [1.82, 2.24) is 10.3 Å². The predicted molar refractivity (Wildman–Crippen MR) is 82.2 cm³/mol. The number of aryl methyl sites for hydroxylation is 1. The molecule has 2 rings (SSSR count). The van der Waals surface area contributed by atoms with E-state index in [0.29, 0.717) is 5.92 Å². The first-order valence-electron chi connectivity index (χ1n) is 6.44. The summed E-state index contributed by atoms with van der Waals surface area (Å²) in [7, 11) is 1.91. The normalized spacial score (nSPS) is 12.6. The Morgan fingerprint density at radius 3 is 2.89 bits per heavy atom. The first-order valence-corrected chi connectivity index (χ1v) is 6.84. The molecule has 0 fully saturated rings. The Bertz CT molecular complexity index is 557. The van der Waals surface area contributed by atoms with E-state index in [1.165, 1.54) is 22.0 Å². The molecule has 0 saturated carbocycles. The van der Waals surface area contributed by atoms with Crippen molar-refractivity contribution < 1.29 is 0 Å². The van der Waals surface area contributed by atoms with E-state index in [1.54, 1.807) is 0 Å². The second-order valence-corrected chi connectivity index (χ2v) is 5.21. The summed E-state index contributed by atoms with van der Waals surface area (Å²) in [6.07, 6.45) is 4.14. The summed E-state index contributed by atoms with van der Waals surface area (Å²) < 4.78 is 0. The molecule has 0 amide bonds. The maximum atomic E-state index is 5.36. The van der Waals surface area contributed by atoms with E-state index in [9.17, 15) is 0 Å². The molecule has 0 aliphatic carbocycles. The van der Waals surface area contributed by atoms with Crippen molar-refractivity contribution >= 4 is 28.1 Å². The molecule has 0 radical (unpaired) electrons. The lowest BCUT2D eigenvalue weighted by atomic mass is 9.95. The molecule has 1 heterocycles. The summed E-state index contributed by atoms with van der Waals surface area (Å²) in [6.45, 7) is 4.33. The fourth-order valence-electron chi connectivity index (χ4n) is 2.35. The van der Waals surface area contributed by atoms with Crippen LogP contribution in [0.25, 0.3) is 10.9 Å². The van der Waals surface area contributed by atoms with Gasteiger partial charge in [-0.25, -0.2) is 0 Å². The first-order chi connectivity index (χ1) is 8.65. The second-order valence-electron chi connectivity index (χ2n) is 4.78. The number of fused-ring (bicyclic) bond motifs is 1. The number of rotatable bonds is 4. The summed E-state index contributed by atoms with van der Waals surface area (Å²) in [5, 5.41) is 4.42. The van der Waals surface area contributed by atoms with Gasteiger partial charge in [-0.15, -0.1) is 0 Å². The van der Waals surface area contributed by atoms with Crippen LogP contribution in [-0.2, 0) is 6.42 Å². The molecule has 2 nitrogen and oxygen atoms in total. The SMILES string of the molecule is CCC(Cc1ccc2[nH]cc(C)c2c1)C(=S)NC. The molecular formula is C15H20N2S. The fraction of sp³-hybridized carbons (Fsp3) is 0.400. The molecule has 0 aliphatic heterocycles. The van der Waals surface area contributed by atoms with Crippen molar-refractivity contribution in [2.45, 2.75) is 26.7 Å². The highest BCUT2D eigenvalue weighted by Gasteiger charge is 2.12. The maximum absolute atomic E-state index is 5.36. The van der Waals surface area contributed by atoms with Crippen LogP contribution in [0.2, 0.25) is 0 Å². The van der Waals surface area contributed by atoms with E-state index in [1.807, 2.05) is 7.05 Å². The second kappa shape index (κ2) is 5.53. The van der Waals surface area contributed by atoms with Crippen LogP contribution in [0.15, 0.2) is 24.4 Å². The standard InChI is InChI=1S/C15H20N2S/c1-4-12(15(18)16-3)7-11-5-6-14-13(8-11)10(2)9-17-14/h5-6,8-9,12,17H,4,7H2,1-3H3,(H,16,18). The van der Waals surface area contributed by atoms with Crippen LogP contribution in [0, 0.1) is 12.8 Å². The lowest BCUT2D eigenvalue weighted by molar-refractivity contribution is 0.655. The third kappa shape index (κ3) is 2.56. The van der Waals surface area contributed by atoms with Crippen molar-refractivity contribution in [2.75, 3.05) is 7.05 Å². The van der Waals surface area contributed by atoms with Crippen molar-refractivity contribution in [1.29, 1.82) is 0 Å². The van der Waals surface area contributed by atoms with Gasteiger partial charge < -0.3 is 10.3 Å². The van der Waals surface area contributed by atoms with E-state index in [0.717, 1.165) is 17.8 Å². The molecule has 1 unspecified atom stereocenters. The van der Waals surface area contributed by atoms with Crippen LogP contribution in [0.3, 0.4) is 0 Å². The number of H-pyrrole nitrogens is 1. The smallest absolute Gasteiger partial charge is 0.0785 e. The number of benzene rings is 1. The van der Waals surface area contributed by atoms with Crippen LogP contribution in [0.5, 0.6) is 0 Å². The van der Waals surface area contributed by atoms with Gasteiger partial charge in [-0.3, -0.25) is 0 Å². The molecule has 1 aromatic carbocycles. The van der Waals surface area contributed by atoms with Gasteiger partial charge in [0.2, 0.25) is 0 Å². The van der Waals surface area contributed by atoms with Crippen LogP contribution < -0.4 is 5.32 Å². The van der Waals surface area contributed by atoms with Crippen LogP contribution >= 0.6 is 12.2 Å².